The summed E-state index contributed by atoms with van der Waals surface area (Å²) < 4.78 is 39.7. The predicted octanol–water partition coefficient (Wildman–Crippen LogP) is 3.32. The molecule has 136 valence electrons. The summed E-state index contributed by atoms with van der Waals surface area (Å²) in [5.74, 6) is 0.724. The number of aryl methyl sites for hydroxylation is 1. The van der Waals surface area contributed by atoms with E-state index >= 15 is 0 Å². The Hall–Kier alpha value is -1.20. The quantitative estimate of drug-likeness (QED) is 0.638. The van der Waals surface area contributed by atoms with Crippen LogP contribution in [0.2, 0.25) is 0 Å². The number of halogens is 3. The molecule has 0 bridgehead atoms. The number of H-pyrrole nitrogens is 1. The molecule has 1 aliphatic carbocycles. The number of hydrogen-bond donors (Lipinski definition) is 2. The van der Waals surface area contributed by atoms with Crippen LogP contribution in [0.4, 0.5) is 13.2 Å². The molecule has 0 atom stereocenters. The van der Waals surface area contributed by atoms with Gasteiger partial charge in [0.25, 0.3) is 0 Å². The number of benzene rings is 1. The smallest absolute Gasteiger partial charge is 0.00388 e. The van der Waals surface area contributed by atoms with Gasteiger partial charge < -0.3 is 5.73 Å². The molecule has 3 N–H and O–H groups in total. The van der Waals surface area contributed by atoms with Gasteiger partial charge in [0.05, 0.1) is 0 Å². The number of nitrogens with two attached hydrogens (primary N) is 1. The minimum atomic E-state index is -4.29. The fraction of sp³-hybridized carbons (Fsp3) is 0.500. The maximum absolute atomic E-state index is 12.4. The number of rotatable bonds is 2. The molecular formula is C16H21F3N4Pt. The van der Waals surface area contributed by atoms with Gasteiger partial charge in [0.15, 0.2) is 0 Å². The standard InChI is InChI=1S/C11H10F3N3.C5H11N.Pt/c1-17-7-15-10(16-17)6-8-2-4-9(5-3-8)11(12,13)14;6-5-3-1-2-4-5;/h2-5H,6H2,1H3,(H,15,16);5H,1-4,6H2;. The fourth-order valence-corrected chi connectivity index (χ4v) is 2.91. The first-order valence-corrected chi connectivity index (χ1v) is 8.88. The van der Waals surface area contributed by atoms with E-state index in [1.807, 2.05) is 7.05 Å². The van der Waals surface area contributed by atoms with Crippen molar-refractivity contribution >= 4 is 0 Å². The van der Waals surface area contributed by atoms with Crippen LogP contribution in [0.3, 0.4) is 0 Å². The number of nitrogens with one attached hydrogen (secondary N) is 1. The van der Waals surface area contributed by atoms with E-state index in [4.69, 9.17) is 5.73 Å². The van der Waals surface area contributed by atoms with Crippen LogP contribution in [0.15, 0.2) is 24.3 Å². The van der Waals surface area contributed by atoms with Crippen LogP contribution in [0.5, 0.6) is 0 Å². The van der Waals surface area contributed by atoms with Crippen LogP contribution in [0.25, 0.3) is 0 Å². The van der Waals surface area contributed by atoms with Crippen molar-refractivity contribution in [3.05, 3.63) is 45.0 Å². The van der Waals surface area contributed by atoms with Crippen LogP contribution >= 0.6 is 0 Å². The zero-order valence-electron chi connectivity index (χ0n) is 13.3. The summed E-state index contributed by atoms with van der Waals surface area (Å²) in [6, 6.07) is 5.66. The maximum Gasteiger partial charge on any atom is 0.00388 e. The number of nitrogens with zero attached hydrogens (tertiary/aromatic N) is 2. The minimum absolute atomic E-state index is 0.481. The molecule has 2 aromatic rings. The second-order valence-corrected chi connectivity index (χ2v) is 6.90. The van der Waals surface area contributed by atoms with E-state index < -0.39 is 11.7 Å². The molecule has 4 nitrogen and oxygen atoms in total. The Morgan fingerprint density at radius 2 is 1.83 bits per heavy atom. The zero-order valence-corrected chi connectivity index (χ0v) is 15.6. The first-order valence-electron chi connectivity index (χ1n) is 7.75. The van der Waals surface area contributed by atoms with E-state index in [0.29, 0.717) is 12.5 Å². The van der Waals surface area contributed by atoms with Gasteiger partial charge in [0, 0.05) is 6.04 Å². The monoisotopic (exact) mass is 521 g/mol. The first-order chi connectivity index (χ1) is 11.3. The average molecular weight is 521 g/mol. The van der Waals surface area contributed by atoms with E-state index in [9.17, 15) is 13.2 Å². The molecule has 3 rings (SSSR count). The summed E-state index contributed by atoms with van der Waals surface area (Å²) in [7, 11) is 1.82. The summed E-state index contributed by atoms with van der Waals surface area (Å²) in [5, 5.41) is 3.01. The fourth-order valence-electron chi connectivity index (χ4n) is 2.48. The number of aromatic nitrogens is 3. The maximum atomic E-state index is 12.4. The van der Waals surface area contributed by atoms with Crippen molar-refractivity contribution in [3.63, 3.8) is 0 Å². The molecule has 0 spiro atoms. The summed E-state index contributed by atoms with van der Waals surface area (Å²) in [6.45, 7) is 0. The summed E-state index contributed by atoms with van der Waals surface area (Å²) >= 11 is 2.06. The van der Waals surface area contributed by atoms with Crippen molar-refractivity contribution in [2.45, 2.75) is 44.3 Å². The molecule has 0 saturated heterocycles. The normalized spacial score (nSPS) is 15.3. The molecule has 1 saturated carbocycles. The third kappa shape index (κ3) is 5.71. The average Bonchev–Trinajstić information content (AvgIpc) is 3.09. The summed E-state index contributed by atoms with van der Waals surface area (Å²) in [5.41, 5.74) is 5.69. The Morgan fingerprint density at radius 1 is 1.25 bits per heavy atom. The van der Waals surface area contributed by atoms with Gasteiger partial charge in [-0.05, 0) is 12.8 Å². The predicted molar refractivity (Wildman–Crippen MR) is 81.5 cm³/mol. The van der Waals surface area contributed by atoms with E-state index in [0.717, 1.165) is 27.3 Å². The summed E-state index contributed by atoms with van der Waals surface area (Å²) in [4.78, 5) is 4.25. The van der Waals surface area contributed by atoms with Gasteiger partial charge in [-0.15, -0.1) is 0 Å². The van der Waals surface area contributed by atoms with Crippen molar-refractivity contribution < 1.29 is 32.5 Å². The van der Waals surface area contributed by atoms with Crippen molar-refractivity contribution in [1.82, 2.24) is 14.8 Å². The Labute approximate surface area is 149 Å². The molecule has 1 fully saturated rings. The molecule has 0 radical (unpaired) electrons. The third-order valence-electron chi connectivity index (χ3n) is 3.83. The van der Waals surface area contributed by atoms with Crippen LogP contribution in [-0.4, -0.2) is 20.8 Å². The van der Waals surface area contributed by atoms with Crippen molar-refractivity contribution in [2.75, 3.05) is 0 Å². The largest absolute Gasteiger partial charge is 0.328 e. The van der Waals surface area contributed by atoms with E-state index in [2.05, 4.69) is 29.4 Å². The van der Waals surface area contributed by atoms with Gasteiger partial charge in [0.1, 0.15) is 0 Å². The number of hydrogen-bond acceptors (Lipinski definition) is 2. The molecular weight excluding hydrogens is 500 g/mol. The SMILES string of the molecule is Cn1[nH]c(Cc2ccc(C(F)(F)F)cc2)n[c]1=[Pt].NC1CCCC1. The molecule has 24 heavy (non-hydrogen) atoms. The van der Waals surface area contributed by atoms with Gasteiger partial charge in [-0.1, -0.05) is 12.8 Å². The third-order valence-corrected chi connectivity index (χ3v) is 4.84. The second kappa shape index (κ2) is 8.25. The minimum Gasteiger partial charge on any atom is -0.328 e. The van der Waals surface area contributed by atoms with Gasteiger partial charge in [-0.25, -0.2) is 0 Å². The van der Waals surface area contributed by atoms with Crippen LogP contribution in [0, 0.1) is 3.80 Å². The molecule has 0 amide bonds. The van der Waals surface area contributed by atoms with Crippen LogP contribution in [-0.2, 0) is 39.0 Å². The molecule has 0 aliphatic heterocycles. The van der Waals surface area contributed by atoms with Crippen LogP contribution < -0.4 is 5.73 Å². The molecule has 1 heterocycles. The van der Waals surface area contributed by atoms with Gasteiger partial charge in [-0.3, -0.25) is 0 Å². The van der Waals surface area contributed by atoms with Crippen molar-refractivity contribution in [3.8, 4) is 0 Å². The Morgan fingerprint density at radius 3 is 2.21 bits per heavy atom. The van der Waals surface area contributed by atoms with Gasteiger partial charge >= 0.3 is 112 Å². The molecule has 1 aromatic carbocycles. The Bertz CT molecular complexity index is 697. The molecule has 8 heteroatoms. The van der Waals surface area contributed by atoms with Crippen molar-refractivity contribution in [1.29, 1.82) is 0 Å². The van der Waals surface area contributed by atoms with Crippen LogP contribution in [0.1, 0.15) is 42.6 Å². The Balaban J connectivity index is 0.000000292. The van der Waals surface area contributed by atoms with Gasteiger partial charge in [0.2, 0.25) is 0 Å². The second-order valence-electron chi connectivity index (χ2n) is 5.89. The van der Waals surface area contributed by atoms with E-state index in [1.54, 1.807) is 4.68 Å². The van der Waals surface area contributed by atoms with Crippen molar-refractivity contribution in [2.24, 2.45) is 12.8 Å². The first kappa shape index (κ1) is 19.1. The number of aromatic amines is 1. The van der Waals surface area contributed by atoms with E-state index in [1.165, 1.54) is 37.8 Å². The zero-order chi connectivity index (χ0) is 17.7. The van der Waals surface area contributed by atoms with Gasteiger partial charge in [-0.2, -0.15) is 0 Å². The number of alkyl halides is 3. The molecule has 1 aliphatic rings. The topological polar surface area (TPSA) is 59.6 Å². The van der Waals surface area contributed by atoms with E-state index in [-0.39, 0.29) is 0 Å². The Kier molecular flexibility index (Phi) is 6.58. The molecule has 1 aromatic heterocycles. The molecule has 0 unspecified atom stereocenters. The summed E-state index contributed by atoms with van der Waals surface area (Å²) in [6.07, 6.45) is 1.45.